The number of hydrogen-bond acceptors (Lipinski definition) is 3. The Labute approximate surface area is 48.4 Å². The second kappa shape index (κ2) is 2.01. The molecular formula is C5H11NO2. The zero-order valence-corrected chi connectivity index (χ0v) is 4.76. The normalized spacial score (nSPS) is 39.8. The lowest BCUT2D eigenvalue weighted by molar-refractivity contribution is -0.0810. The molecule has 1 fully saturated rings. The Morgan fingerprint density at radius 3 is 2.62 bits per heavy atom. The van der Waals surface area contributed by atoms with Crippen LogP contribution < -0.4 is 5.73 Å². The Bertz CT molecular complexity index is 74.5. The van der Waals surface area contributed by atoms with Crippen molar-refractivity contribution in [2.75, 3.05) is 13.2 Å². The molecule has 0 radical (unpaired) electrons. The SMILES string of the molecule is NC1(O)CCCOC1. The van der Waals surface area contributed by atoms with E-state index in [4.69, 9.17) is 15.6 Å². The zero-order valence-electron chi connectivity index (χ0n) is 4.76. The Morgan fingerprint density at radius 1 is 1.62 bits per heavy atom. The highest BCUT2D eigenvalue weighted by atomic mass is 16.5. The lowest BCUT2D eigenvalue weighted by Gasteiger charge is -2.27. The predicted octanol–water partition coefficient (Wildman–Crippen LogP) is -0.556. The molecule has 8 heavy (non-hydrogen) atoms. The van der Waals surface area contributed by atoms with Crippen molar-refractivity contribution in [3.05, 3.63) is 0 Å². The highest BCUT2D eigenvalue weighted by Crippen LogP contribution is 2.11. The topological polar surface area (TPSA) is 55.5 Å². The molecule has 1 atom stereocenters. The molecule has 0 aromatic rings. The molecule has 1 unspecified atom stereocenters. The van der Waals surface area contributed by atoms with Gasteiger partial charge in [-0.3, -0.25) is 0 Å². The van der Waals surface area contributed by atoms with Crippen LogP contribution in [0.4, 0.5) is 0 Å². The van der Waals surface area contributed by atoms with Crippen molar-refractivity contribution in [3.63, 3.8) is 0 Å². The average Bonchev–Trinajstić information content (AvgIpc) is 1.65. The van der Waals surface area contributed by atoms with Crippen molar-refractivity contribution >= 4 is 0 Å². The third-order valence-electron chi connectivity index (χ3n) is 1.25. The van der Waals surface area contributed by atoms with Gasteiger partial charge in [0.05, 0.1) is 6.61 Å². The Morgan fingerprint density at radius 2 is 2.38 bits per heavy atom. The maximum Gasteiger partial charge on any atom is 0.137 e. The van der Waals surface area contributed by atoms with Crippen molar-refractivity contribution < 1.29 is 9.84 Å². The molecule has 0 aliphatic carbocycles. The molecule has 3 nitrogen and oxygen atoms in total. The summed E-state index contributed by atoms with van der Waals surface area (Å²) in [5.74, 6) is 0. The summed E-state index contributed by atoms with van der Waals surface area (Å²) < 4.78 is 4.91. The van der Waals surface area contributed by atoms with E-state index in [9.17, 15) is 0 Å². The van der Waals surface area contributed by atoms with E-state index in [0.29, 0.717) is 6.42 Å². The monoisotopic (exact) mass is 117 g/mol. The van der Waals surface area contributed by atoms with Crippen molar-refractivity contribution in [3.8, 4) is 0 Å². The second-order valence-corrected chi connectivity index (χ2v) is 2.26. The summed E-state index contributed by atoms with van der Waals surface area (Å²) in [6.07, 6.45) is 1.53. The fraction of sp³-hybridized carbons (Fsp3) is 1.00. The van der Waals surface area contributed by atoms with Gasteiger partial charge in [0, 0.05) is 6.61 Å². The summed E-state index contributed by atoms with van der Waals surface area (Å²) in [5, 5.41) is 9.03. The molecule has 0 spiro atoms. The highest BCUT2D eigenvalue weighted by Gasteiger charge is 2.23. The molecule has 0 amide bonds. The summed E-state index contributed by atoms with van der Waals surface area (Å²) in [5.41, 5.74) is 4.26. The Kier molecular flexibility index (Phi) is 1.51. The van der Waals surface area contributed by atoms with E-state index < -0.39 is 5.72 Å². The number of ether oxygens (including phenoxy) is 1. The van der Waals surface area contributed by atoms with Gasteiger partial charge in [-0.05, 0) is 12.8 Å². The van der Waals surface area contributed by atoms with Gasteiger partial charge in [-0.25, -0.2) is 0 Å². The average molecular weight is 117 g/mol. The van der Waals surface area contributed by atoms with Gasteiger partial charge in [-0.1, -0.05) is 0 Å². The first-order valence-electron chi connectivity index (χ1n) is 2.80. The molecule has 0 aromatic heterocycles. The fourth-order valence-corrected chi connectivity index (χ4v) is 0.801. The minimum Gasteiger partial charge on any atom is -0.377 e. The summed E-state index contributed by atoms with van der Waals surface area (Å²) in [6, 6.07) is 0. The molecule has 3 heteroatoms. The first-order chi connectivity index (χ1) is 3.71. The van der Waals surface area contributed by atoms with E-state index in [0.717, 1.165) is 13.0 Å². The molecule has 0 saturated carbocycles. The zero-order chi connectivity index (χ0) is 6.04. The van der Waals surface area contributed by atoms with Gasteiger partial charge in [0.25, 0.3) is 0 Å². The van der Waals surface area contributed by atoms with Crippen LogP contribution in [0, 0.1) is 0 Å². The first-order valence-corrected chi connectivity index (χ1v) is 2.80. The first kappa shape index (κ1) is 6.01. The lowest BCUT2D eigenvalue weighted by atomic mass is 10.1. The van der Waals surface area contributed by atoms with E-state index in [-0.39, 0.29) is 6.61 Å². The van der Waals surface area contributed by atoms with Crippen LogP contribution in [0.2, 0.25) is 0 Å². The Balaban J connectivity index is 2.33. The van der Waals surface area contributed by atoms with Gasteiger partial charge in [0.1, 0.15) is 5.72 Å². The van der Waals surface area contributed by atoms with E-state index in [1.165, 1.54) is 0 Å². The Hall–Kier alpha value is -0.120. The molecule has 1 saturated heterocycles. The van der Waals surface area contributed by atoms with Crippen LogP contribution in [0.1, 0.15) is 12.8 Å². The number of nitrogens with two attached hydrogens (primary N) is 1. The van der Waals surface area contributed by atoms with E-state index in [1.54, 1.807) is 0 Å². The molecule has 1 heterocycles. The molecule has 3 N–H and O–H groups in total. The summed E-state index contributed by atoms with van der Waals surface area (Å²) in [4.78, 5) is 0. The molecule has 1 aliphatic rings. The van der Waals surface area contributed by atoms with Crippen molar-refractivity contribution in [2.24, 2.45) is 5.73 Å². The maximum absolute atomic E-state index is 9.03. The standard InChI is InChI=1S/C5H11NO2/c6-5(7)2-1-3-8-4-5/h7H,1-4,6H2. The van der Waals surface area contributed by atoms with Gasteiger partial charge >= 0.3 is 0 Å². The van der Waals surface area contributed by atoms with E-state index in [2.05, 4.69) is 0 Å². The van der Waals surface area contributed by atoms with Crippen LogP contribution in [0.15, 0.2) is 0 Å². The van der Waals surface area contributed by atoms with Crippen LogP contribution in [-0.2, 0) is 4.74 Å². The van der Waals surface area contributed by atoms with Crippen LogP contribution in [0.5, 0.6) is 0 Å². The van der Waals surface area contributed by atoms with Gasteiger partial charge in [0.2, 0.25) is 0 Å². The molecule has 1 aliphatic heterocycles. The lowest BCUT2D eigenvalue weighted by Crippen LogP contribution is -2.47. The minimum atomic E-state index is -1.04. The molecule has 1 rings (SSSR count). The van der Waals surface area contributed by atoms with Crippen LogP contribution >= 0.6 is 0 Å². The highest BCUT2D eigenvalue weighted by molar-refractivity contribution is 4.72. The van der Waals surface area contributed by atoms with Gasteiger partial charge in [0.15, 0.2) is 0 Å². The van der Waals surface area contributed by atoms with E-state index >= 15 is 0 Å². The minimum absolute atomic E-state index is 0.285. The summed E-state index contributed by atoms with van der Waals surface area (Å²) >= 11 is 0. The van der Waals surface area contributed by atoms with Crippen molar-refractivity contribution in [1.29, 1.82) is 0 Å². The van der Waals surface area contributed by atoms with Crippen molar-refractivity contribution in [1.82, 2.24) is 0 Å². The summed E-state index contributed by atoms with van der Waals surface area (Å²) in [7, 11) is 0. The van der Waals surface area contributed by atoms with Crippen LogP contribution in [-0.4, -0.2) is 24.0 Å². The number of rotatable bonds is 0. The molecule has 0 bridgehead atoms. The molecule has 0 aromatic carbocycles. The van der Waals surface area contributed by atoms with E-state index in [1.807, 2.05) is 0 Å². The van der Waals surface area contributed by atoms with Crippen molar-refractivity contribution in [2.45, 2.75) is 18.6 Å². The number of hydrogen-bond donors (Lipinski definition) is 2. The third kappa shape index (κ3) is 1.43. The second-order valence-electron chi connectivity index (χ2n) is 2.26. The fourth-order valence-electron chi connectivity index (χ4n) is 0.801. The molecule has 48 valence electrons. The third-order valence-corrected chi connectivity index (χ3v) is 1.25. The largest absolute Gasteiger partial charge is 0.377 e. The van der Waals surface area contributed by atoms with Crippen LogP contribution in [0.3, 0.4) is 0 Å². The smallest absolute Gasteiger partial charge is 0.137 e. The predicted molar refractivity (Wildman–Crippen MR) is 29.2 cm³/mol. The molecular weight excluding hydrogens is 106 g/mol. The van der Waals surface area contributed by atoms with Crippen LogP contribution in [0.25, 0.3) is 0 Å². The quantitative estimate of drug-likeness (QED) is 0.418. The maximum atomic E-state index is 9.03. The van der Waals surface area contributed by atoms with Gasteiger partial charge < -0.3 is 15.6 Å². The van der Waals surface area contributed by atoms with Gasteiger partial charge in [-0.15, -0.1) is 0 Å². The summed E-state index contributed by atoms with van der Waals surface area (Å²) in [6.45, 7) is 1.02. The van der Waals surface area contributed by atoms with Gasteiger partial charge in [-0.2, -0.15) is 0 Å². The number of aliphatic hydroxyl groups is 1.